The Morgan fingerprint density at radius 2 is 1.82 bits per heavy atom. The van der Waals surface area contributed by atoms with Crippen LogP contribution < -0.4 is 10.2 Å². The molecule has 1 N–H and O–H groups in total. The zero-order chi connectivity index (χ0) is 23.2. The van der Waals surface area contributed by atoms with E-state index in [0.717, 1.165) is 62.1 Å². The SMILES string of the molecule is Cc1nc(CC2CCN(Cc3cccnc3N(C)C)CC2)cc(NCc2ccccc2F)n1. The minimum absolute atomic E-state index is 0.202. The predicted octanol–water partition coefficient (Wildman–Crippen LogP) is 4.45. The van der Waals surface area contributed by atoms with Crippen molar-refractivity contribution in [3.8, 4) is 0 Å². The van der Waals surface area contributed by atoms with Crippen LogP contribution >= 0.6 is 0 Å². The summed E-state index contributed by atoms with van der Waals surface area (Å²) in [5.41, 5.74) is 2.96. The number of hydrogen-bond donors (Lipinski definition) is 1. The topological polar surface area (TPSA) is 57.2 Å². The van der Waals surface area contributed by atoms with Crippen LogP contribution in [0.1, 0.15) is 35.5 Å². The van der Waals surface area contributed by atoms with E-state index in [1.165, 1.54) is 11.6 Å². The maximum Gasteiger partial charge on any atom is 0.132 e. The third kappa shape index (κ3) is 6.26. The van der Waals surface area contributed by atoms with Gasteiger partial charge in [-0.15, -0.1) is 0 Å². The zero-order valence-electron chi connectivity index (χ0n) is 19.8. The smallest absolute Gasteiger partial charge is 0.132 e. The summed E-state index contributed by atoms with van der Waals surface area (Å²) in [6.07, 6.45) is 5.10. The molecule has 4 rings (SSSR count). The van der Waals surface area contributed by atoms with Crippen LogP contribution in [0, 0.1) is 18.7 Å². The molecule has 174 valence electrons. The minimum atomic E-state index is -0.202. The number of aromatic nitrogens is 3. The van der Waals surface area contributed by atoms with Gasteiger partial charge < -0.3 is 10.2 Å². The average Bonchev–Trinajstić information content (AvgIpc) is 2.80. The zero-order valence-corrected chi connectivity index (χ0v) is 19.8. The van der Waals surface area contributed by atoms with E-state index < -0.39 is 0 Å². The predicted molar refractivity (Wildman–Crippen MR) is 131 cm³/mol. The van der Waals surface area contributed by atoms with Crippen LogP contribution in [0.5, 0.6) is 0 Å². The number of likely N-dealkylation sites (tertiary alicyclic amines) is 1. The van der Waals surface area contributed by atoms with Crippen LogP contribution in [0.3, 0.4) is 0 Å². The fourth-order valence-electron chi connectivity index (χ4n) is 4.49. The van der Waals surface area contributed by atoms with Gasteiger partial charge in [0.25, 0.3) is 0 Å². The van der Waals surface area contributed by atoms with Crippen LogP contribution in [0.2, 0.25) is 0 Å². The summed E-state index contributed by atoms with van der Waals surface area (Å²) < 4.78 is 13.9. The molecule has 7 heteroatoms. The van der Waals surface area contributed by atoms with Gasteiger partial charge in [0.05, 0.1) is 0 Å². The lowest BCUT2D eigenvalue weighted by molar-refractivity contribution is 0.176. The molecule has 0 unspecified atom stereocenters. The van der Waals surface area contributed by atoms with Gasteiger partial charge in [-0.2, -0.15) is 0 Å². The fraction of sp³-hybridized carbons (Fsp3) is 0.423. The number of rotatable bonds is 8. The van der Waals surface area contributed by atoms with Crippen molar-refractivity contribution < 1.29 is 4.39 Å². The van der Waals surface area contributed by atoms with Crippen molar-refractivity contribution in [2.45, 2.75) is 39.3 Å². The number of anilines is 2. The molecule has 0 aliphatic carbocycles. The lowest BCUT2D eigenvalue weighted by Crippen LogP contribution is -2.34. The first-order valence-electron chi connectivity index (χ1n) is 11.6. The normalized spacial score (nSPS) is 14.9. The average molecular weight is 449 g/mol. The number of nitrogens with zero attached hydrogens (tertiary/aromatic N) is 5. The molecule has 6 nitrogen and oxygen atoms in total. The lowest BCUT2D eigenvalue weighted by atomic mass is 9.92. The van der Waals surface area contributed by atoms with Gasteiger partial charge in [0.1, 0.15) is 23.3 Å². The highest BCUT2D eigenvalue weighted by Crippen LogP contribution is 2.25. The second-order valence-electron chi connectivity index (χ2n) is 9.04. The van der Waals surface area contributed by atoms with Gasteiger partial charge in [-0.05, 0) is 57.3 Å². The monoisotopic (exact) mass is 448 g/mol. The van der Waals surface area contributed by atoms with E-state index in [4.69, 9.17) is 0 Å². The second kappa shape index (κ2) is 10.7. The molecular formula is C26H33FN6. The number of halogens is 1. The Bertz CT molecular complexity index is 1060. The summed E-state index contributed by atoms with van der Waals surface area (Å²) in [4.78, 5) is 18.3. The lowest BCUT2D eigenvalue weighted by Gasteiger charge is -2.32. The van der Waals surface area contributed by atoms with E-state index in [2.05, 4.69) is 36.1 Å². The maximum absolute atomic E-state index is 13.9. The molecule has 1 aliphatic heterocycles. The number of nitrogens with one attached hydrogen (secondary N) is 1. The third-order valence-corrected chi connectivity index (χ3v) is 6.20. The van der Waals surface area contributed by atoms with E-state index in [1.54, 1.807) is 12.1 Å². The Morgan fingerprint density at radius 3 is 2.58 bits per heavy atom. The maximum atomic E-state index is 13.9. The van der Waals surface area contributed by atoms with Crippen LogP contribution in [-0.4, -0.2) is 47.0 Å². The molecule has 1 saturated heterocycles. The van der Waals surface area contributed by atoms with Crippen molar-refractivity contribution in [3.63, 3.8) is 0 Å². The summed E-state index contributed by atoms with van der Waals surface area (Å²) >= 11 is 0. The molecule has 1 aromatic carbocycles. The van der Waals surface area contributed by atoms with Crippen molar-refractivity contribution in [2.75, 3.05) is 37.4 Å². The Balaban J connectivity index is 1.32. The van der Waals surface area contributed by atoms with Crippen LogP contribution in [-0.2, 0) is 19.5 Å². The van der Waals surface area contributed by atoms with Gasteiger partial charge >= 0.3 is 0 Å². The largest absolute Gasteiger partial charge is 0.366 e. The van der Waals surface area contributed by atoms with Crippen LogP contribution in [0.25, 0.3) is 0 Å². The van der Waals surface area contributed by atoms with Gasteiger partial charge in [0.2, 0.25) is 0 Å². The number of benzene rings is 1. The molecule has 33 heavy (non-hydrogen) atoms. The minimum Gasteiger partial charge on any atom is -0.366 e. The van der Waals surface area contributed by atoms with E-state index in [-0.39, 0.29) is 5.82 Å². The molecule has 0 spiro atoms. The molecular weight excluding hydrogens is 415 g/mol. The number of aryl methyl sites for hydroxylation is 1. The van der Waals surface area contributed by atoms with Crippen molar-refractivity contribution in [1.29, 1.82) is 0 Å². The molecule has 0 bridgehead atoms. The Hall–Kier alpha value is -3.06. The van der Waals surface area contributed by atoms with Crippen LogP contribution in [0.15, 0.2) is 48.7 Å². The van der Waals surface area contributed by atoms with E-state index in [9.17, 15) is 4.39 Å². The fourth-order valence-corrected chi connectivity index (χ4v) is 4.49. The van der Waals surface area contributed by atoms with Crippen LogP contribution in [0.4, 0.5) is 16.0 Å². The molecule has 3 heterocycles. The van der Waals surface area contributed by atoms with Gasteiger partial charge in [-0.25, -0.2) is 19.3 Å². The van der Waals surface area contributed by atoms with E-state index >= 15 is 0 Å². The molecule has 0 atom stereocenters. The van der Waals surface area contributed by atoms with Gasteiger partial charge in [-0.1, -0.05) is 24.3 Å². The molecule has 1 aliphatic rings. The van der Waals surface area contributed by atoms with Gasteiger partial charge in [0, 0.05) is 56.3 Å². The number of hydrogen-bond acceptors (Lipinski definition) is 6. The highest BCUT2D eigenvalue weighted by atomic mass is 19.1. The highest BCUT2D eigenvalue weighted by Gasteiger charge is 2.21. The Morgan fingerprint density at radius 1 is 1.06 bits per heavy atom. The summed E-state index contributed by atoms with van der Waals surface area (Å²) in [5, 5.41) is 3.26. The van der Waals surface area contributed by atoms with Crippen molar-refractivity contribution in [2.24, 2.45) is 5.92 Å². The number of piperidine rings is 1. The van der Waals surface area contributed by atoms with E-state index in [0.29, 0.717) is 18.0 Å². The molecule has 2 aromatic heterocycles. The summed E-state index contributed by atoms with van der Waals surface area (Å²) in [5.74, 6) is 2.95. The van der Waals surface area contributed by atoms with Crippen molar-refractivity contribution in [3.05, 3.63) is 77.1 Å². The standard InChI is InChI=1S/C26H33FN6/c1-19-30-23(16-25(31-19)29-17-21-7-4-5-9-24(21)27)15-20-10-13-33(14-11-20)18-22-8-6-12-28-26(22)32(2)3/h4-9,12,16,20H,10-11,13-15,17-18H2,1-3H3,(H,29,30,31). The van der Waals surface area contributed by atoms with Gasteiger partial charge in [0.15, 0.2) is 0 Å². The number of pyridine rings is 1. The Labute approximate surface area is 195 Å². The van der Waals surface area contributed by atoms with Crippen molar-refractivity contribution >= 4 is 11.6 Å². The molecule has 0 radical (unpaired) electrons. The second-order valence-corrected chi connectivity index (χ2v) is 9.04. The summed E-state index contributed by atoms with van der Waals surface area (Å²) in [6.45, 7) is 5.41. The summed E-state index contributed by atoms with van der Waals surface area (Å²) in [6, 6.07) is 13.0. The van der Waals surface area contributed by atoms with E-state index in [1.807, 2.05) is 45.4 Å². The first kappa shape index (κ1) is 23.1. The third-order valence-electron chi connectivity index (χ3n) is 6.20. The quantitative estimate of drug-likeness (QED) is 0.549. The first-order chi connectivity index (χ1) is 16.0. The molecule has 0 saturated carbocycles. The molecule has 1 fully saturated rings. The van der Waals surface area contributed by atoms with Gasteiger partial charge in [-0.3, -0.25) is 4.90 Å². The molecule has 3 aromatic rings. The first-order valence-corrected chi connectivity index (χ1v) is 11.6. The van der Waals surface area contributed by atoms with Crippen molar-refractivity contribution in [1.82, 2.24) is 19.9 Å². The molecule has 0 amide bonds. The highest BCUT2D eigenvalue weighted by molar-refractivity contribution is 5.45. The summed E-state index contributed by atoms with van der Waals surface area (Å²) in [7, 11) is 4.09. The Kier molecular flexibility index (Phi) is 7.50.